The fraction of sp³-hybridized carbons (Fsp3) is 0.0526. The van der Waals surface area contributed by atoms with Gasteiger partial charge >= 0.3 is 0 Å². The standard InChI is InChI=1S/C19H13FN2O/c20-14-10-8-13(9-11-14)12-23-22-18-7-3-6-17-19(18)15-4-1-2-5-16(15)21-17/h1-11H,12H2. The summed E-state index contributed by atoms with van der Waals surface area (Å²) in [7, 11) is 0. The first-order chi connectivity index (χ1) is 11.3. The van der Waals surface area contributed by atoms with E-state index in [2.05, 4.69) is 10.1 Å². The Kier molecular flexibility index (Phi) is 3.35. The van der Waals surface area contributed by atoms with Crippen molar-refractivity contribution < 1.29 is 9.23 Å². The summed E-state index contributed by atoms with van der Waals surface area (Å²) in [6, 6.07) is 14.2. The zero-order valence-corrected chi connectivity index (χ0v) is 12.2. The highest BCUT2D eigenvalue weighted by Gasteiger charge is 2.19. The molecule has 0 saturated carbocycles. The quantitative estimate of drug-likeness (QED) is 0.803. The highest BCUT2D eigenvalue weighted by atomic mass is 19.1. The number of halogens is 1. The molecule has 4 heteroatoms. The number of benzene rings is 2. The maximum absolute atomic E-state index is 12.9. The molecule has 0 bridgehead atoms. The van der Waals surface area contributed by atoms with Crippen molar-refractivity contribution in [1.82, 2.24) is 0 Å². The smallest absolute Gasteiger partial charge is 0.142 e. The van der Waals surface area contributed by atoms with Crippen molar-refractivity contribution in [3.63, 3.8) is 0 Å². The predicted molar refractivity (Wildman–Crippen MR) is 86.5 cm³/mol. The second kappa shape index (κ2) is 5.65. The summed E-state index contributed by atoms with van der Waals surface area (Å²) in [6.45, 7) is 0.294. The summed E-state index contributed by atoms with van der Waals surface area (Å²) in [4.78, 5) is 10.0. The molecule has 112 valence electrons. The van der Waals surface area contributed by atoms with Gasteiger partial charge in [0.1, 0.15) is 18.1 Å². The van der Waals surface area contributed by atoms with Crippen molar-refractivity contribution in [2.45, 2.75) is 6.61 Å². The molecule has 0 saturated heterocycles. The summed E-state index contributed by atoms with van der Waals surface area (Å²) in [6.07, 6.45) is 5.78. The lowest BCUT2D eigenvalue weighted by Gasteiger charge is -2.08. The SMILES string of the molecule is Fc1ccc(CON=C2C=CC=C3N=c4ccccc4=C32)cc1. The molecule has 23 heavy (non-hydrogen) atoms. The molecule has 0 N–H and O–H groups in total. The van der Waals surface area contributed by atoms with E-state index in [1.807, 2.05) is 42.5 Å². The highest BCUT2D eigenvalue weighted by molar-refractivity contribution is 6.30. The minimum Gasteiger partial charge on any atom is -0.390 e. The molecule has 2 aromatic carbocycles. The molecule has 0 spiro atoms. The van der Waals surface area contributed by atoms with Gasteiger partial charge in [0.25, 0.3) is 0 Å². The molecule has 0 aromatic heterocycles. The van der Waals surface area contributed by atoms with E-state index in [1.54, 1.807) is 12.1 Å². The van der Waals surface area contributed by atoms with Gasteiger partial charge in [-0.2, -0.15) is 0 Å². The molecule has 4 rings (SSSR count). The molecular formula is C19H13FN2O. The second-order valence-corrected chi connectivity index (χ2v) is 5.29. The number of rotatable bonds is 3. The maximum atomic E-state index is 12.9. The van der Waals surface area contributed by atoms with Crippen LogP contribution < -0.4 is 10.6 Å². The first-order valence-electron chi connectivity index (χ1n) is 7.33. The van der Waals surface area contributed by atoms with Crippen LogP contribution in [-0.4, -0.2) is 5.71 Å². The van der Waals surface area contributed by atoms with Crippen molar-refractivity contribution in [2.75, 3.05) is 0 Å². The number of hydrogen-bond acceptors (Lipinski definition) is 3. The topological polar surface area (TPSA) is 34.0 Å². The van der Waals surface area contributed by atoms with Crippen molar-refractivity contribution in [2.24, 2.45) is 10.1 Å². The van der Waals surface area contributed by atoms with Crippen molar-refractivity contribution in [3.05, 3.63) is 94.4 Å². The number of fused-ring (bicyclic) bond motifs is 2. The maximum Gasteiger partial charge on any atom is 0.142 e. The fourth-order valence-electron chi connectivity index (χ4n) is 2.64. The zero-order valence-electron chi connectivity index (χ0n) is 12.2. The molecule has 0 amide bonds. The Morgan fingerprint density at radius 2 is 1.87 bits per heavy atom. The van der Waals surface area contributed by atoms with Gasteiger partial charge in [-0.1, -0.05) is 41.6 Å². The van der Waals surface area contributed by atoms with Gasteiger partial charge in [0.05, 0.1) is 11.1 Å². The fourth-order valence-corrected chi connectivity index (χ4v) is 2.64. The summed E-state index contributed by atoms with van der Waals surface area (Å²) < 4.78 is 12.9. The van der Waals surface area contributed by atoms with Gasteiger partial charge in [-0.15, -0.1) is 0 Å². The van der Waals surface area contributed by atoms with E-state index in [4.69, 9.17) is 4.84 Å². The van der Waals surface area contributed by atoms with Crippen LogP contribution in [0.5, 0.6) is 0 Å². The lowest BCUT2D eigenvalue weighted by Crippen LogP contribution is -2.24. The van der Waals surface area contributed by atoms with Gasteiger partial charge in [0, 0.05) is 10.8 Å². The van der Waals surface area contributed by atoms with Crippen molar-refractivity contribution in [3.8, 4) is 0 Å². The van der Waals surface area contributed by atoms with E-state index in [9.17, 15) is 4.39 Å². The van der Waals surface area contributed by atoms with Crippen LogP contribution in [0.15, 0.2) is 82.6 Å². The normalized spacial score (nSPS) is 16.7. The molecule has 0 fully saturated rings. The summed E-state index contributed by atoms with van der Waals surface area (Å²) >= 11 is 0. The molecule has 0 radical (unpaired) electrons. The summed E-state index contributed by atoms with van der Waals surface area (Å²) in [5, 5.41) is 6.25. The molecule has 0 unspecified atom stereocenters. The Balaban J connectivity index is 1.62. The molecule has 1 aliphatic carbocycles. The van der Waals surface area contributed by atoms with Gasteiger partial charge in [-0.05, 0) is 35.9 Å². The van der Waals surface area contributed by atoms with Crippen molar-refractivity contribution in [1.29, 1.82) is 0 Å². The third-order valence-electron chi connectivity index (χ3n) is 3.74. The molecule has 2 aromatic rings. The van der Waals surface area contributed by atoms with Crippen LogP contribution in [0.3, 0.4) is 0 Å². The van der Waals surface area contributed by atoms with Crippen LogP contribution in [-0.2, 0) is 11.4 Å². The van der Waals surface area contributed by atoms with Crippen LogP contribution in [0.1, 0.15) is 5.56 Å². The van der Waals surface area contributed by atoms with E-state index in [-0.39, 0.29) is 5.82 Å². The zero-order chi connectivity index (χ0) is 15.6. The van der Waals surface area contributed by atoms with E-state index in [1.165, 1.54) is 12.1 Å². The number of oxime groups is 1. The lowest BCUT2D eigenvalue weighted by molar-refractivity contribution is 0.131. The minimum absolute atomic E-state index is 0.259. The van der Waals surface area contributed by atoms with Gasteiger partial charge in [-0.25, -0.2) is 9.38 Å². The number of allylic oxidation sites excluding steroid dienone is 4. The highest BCUT2D eigenvalue weighted by Crippen LogP contribution is 2.21. The third kappa shape index (κ3) is 2.59. The first kappa shape index (κ1) is 13.6. The Labute approximate surface area is 132 Å². The number of para-hydroxylation sites is 1. The third-order valence-corrected chi connectivity index (χ3v) is 3.74. The van der Waals surface area contributed by atoms with Crippen LogP contribution in [0.4, 0.5) is 4.39 Å². The molecule has 2 aliphatic rings. The Bertz CT molecular complexity index is 969. The van der Waals surface area contributed by atoms with Crippen LogP contribution in [0, 0.1) is 5.82 Å². The molecule has 1 aliphatic heterocycles. The summed E-state index contributed by atoms with van der Waals surface area (Å²) in [5.74, 6) is -0.259. The Morgan fingerprint density at radius 3 is 2.74 bits per heavy atom. The Hall–Kier alpha value is -3.01. The van der Waals surface area contributed by atoms with E-state index >= 15 is 0 Å². The summed E-state index contributed by atoms with van der Waals surface area (Å²) in [5.41, 5.74) is 3.51. The number of hydrogen-bond donors (Lipinski definition) is 0. The largest absolute Gasteiger partial charge is 0.390 e. The Morgan fingerprint density at radius 1 is 1.04 bits per heavy atom. The average Bonchev–Trinajstić information content (AvgIpc) is 2.96. The van der Waals surface area contributed by atoms with Crippen LogP contribution >= 0.6 is 0 Å². The van der Waals surface area contributed by atoms with Crippen LogP contribution in [0.25, 0.3) is 5.57 Å². The lowest BCUT2D eigenvalue weighted by atomic mass is 10.0. The van der Waals surface area contributed by atoms with E-state index in [0.717, 1.165) is 33.1 Å². The monoisotopic (exact) mass is 304 g/mol. The second-order valence-electron chi connectivity index (χ2n) is 5.29. The molecule has 0 atom stereocenters. The minimum atomic E-state index is -0.259. The predicted octanol–water partition coefficient (Wildman–Crippen LogP) is 2.64. The van der Waals surface area contributed by atoms with Crippen molar-refractivity contribution >= 4 is 11.3 Å². The van der Waals surface area contributed by atoms with Gasteiger partial charge < -0.3 is 4.84 Å². The van der Waals surface area contributed by atoms with E-state index < -0.39 is 0 Å². The number of nitrogens with zero attached hydrogens (tertiary/aromatic N) is 2. The molecule has 3 nitrogen and oxygen atoms in total. The molecular weight excluding hydrogens is 291 g/mol. The van der Waals surface area contributed by atoms with Crippen LogP contribution in [0.2, 0.25) is 0 Å². The molecule has 1 heterocycles. The van der Waals surface area contributed by atoms with Gasteiger partial charge in [0.15, 0.2) is 0 Å². The van der Waals surface area contributed by atoms with E-state index in [0.29, 0.717) is 6.61 Å². The first-order valence-corrected chi connectivity index (χ1v) is 7.33. The van der Waals surface area contributed by atoms with Gasteiger partial charge in [-0.3, -0.25) is 0 Å². The average molecular weight is 304 g/mol. The van der Waals surface area contributed by atoms with Gasteiger partial charge in [0.2, 0.25) is 0 Å².